The molecular weight excluding hydrogens is 362 g/mol. The van der Waals surface area contributed by atoms with Crippen molar-refractivity contribution in [2.24, 2.45) is 5.92 Å². The molecule has 0 spiro atoms. The van der Waals surface area contributed by atoms with Crippen molar-refractivity contribution < 1.29 is 9.32 Å². The van der Waals surface area contributed by atoms with E-state index < -0.39 is 0 Å². The van der Waals surface area contributed by atoms with Crippen LogP contribution in [0.25, 0.3) is 10.6 Å². The quantitative estimate of drug-likeness (QED) is 0.729. The van der Waals surface area contributed by atoms with E-state index in [1.54, 1.807) is 11.3 Å². The molecule has 0 aromatic carbocycles. The maximum atomic E-state index is 12.9. The van der Waals surface area contributed by atoms with Crippen molar-refractivity contribution in [1.29, 1.82) is 0 Å². The molecule has 0 bridgehead atoms. The van der Waals surface area contributed by atoms with Crippen LogP contribution in [0.5, 0.6) is 0 Å². The molecule has 2 aliphatic rings. The highest BCUT2D eigenvalue weighted by molar-refractivity contribution is 7.13. The molecule has 0 radical (unpaired) electrons. The molecule has 1 saturated carbocycles. The van der Waals surface area contributed by atoms with Crippen LogP contribution in [0.3, 0.4) is 0 Å². The standard InChI is InChI=1S/C19H21N5O2S/c25-19(15-10-14(21-22-15)16-4-2-8-27-16)24-7-1-3-12(11-24)9-17-20-18(23-26-17)13-5-6-13/h2,4,8,10,12-13H,1,3,5-7,9,11H2,(H,21,22). The van der Waals surface area contributed by atoms with Gasteiger partial charge in [-0.2, -0.15) is 10.1 Å². The molecule has 1 N–H and O–H groups in total. The van der Waals surface area contributed by atoms with Crippen molar-refractivity contribution in [3.8, 4) is 10.6 Å². The van der Waals surface area contributed by atoms with E-state index in [4.69, 9.17) is 4.52 Å². The maximum absolute atomic E-state index is 12.9. The molecule has 27 heavy (non-hydrogen) atoms. The summed E-state index contributed by atoms with van der Waals surface area (Å²) in [5.41, 5.74) is 1.37. The second-order valence-electron chi connectivity index (χ2n) is 7.43. The number of nitrogens with one attached hydrogen (secondary N) is 1. The number of carbonyl (C=O) groups is 1. The van der Waals surface area contributed by atoms with Gasteiger partial charge in [-0.25, -0.2) is 0 Å². The summed E-state index contributed by atoms with van der Waals surface area (Å²) >= 11 is 1.63. The smallest absolute Gasteiger partial charge is 0.274 e. The van der Waals surface area contributed by atoms with Crippen LogP contribution in [0, 0.1) is 5.92 Å². The number of likely N-dealkylation sites (tertiary alicyclic amines) is 1. The molecule has 1 aliphatic heterocycles. The Bertz CT molecular complexity index is 928. The average Bonchev–Trinajstić information content (AvgIpc) is 3.11. The molecule has 1 unspecified atom stereocenters. The first-order chi connectivity index (χ1) is 13.3. The summed E-state index contributed by atoms with van der Waals surface area (Å²) < 4.78 is 5.41. The van der Waals surface area contributed by atoms with Gasteiger partial charge in [0.2, 0.25) is 5.89 Å². The number of aromatic nitrogens is 4. The van der Waals surface area contributed by atoms with E-state index in [1.807, 2.05) is 28.5 Å². The van der Waals surface area contributed by atoms with E-state index in [9.17, 15) is 4.79 Å². The zero-order chi connectivity index (χ0) is 18.2. The summed E-state index contributed by atoms with van der Waals surface area (Å²) in [6.07, 6.45) is 5.14. The number of aromatic amines is 1. The van der Waals surface area contributed by atoms with Crippen LogP contribution in [0.4, 0.5) is 0 Å². The van der Waals surface area contributed by atoms with E-state index in [2.05, 4.69) is 20.3 Å². The number of nitrogens with zero attached hydrogens (tertiary/aromatic N) is 4. The minimum absolute atomic E-state index is 0.0112. The SMILES string of the molecule is O=C(c1cc(-c2cccs2)[nH]n1)N1CCCC(Cc2nc(C3CC3)no2)C1. The van der Waals surface area contributed by atoms with Crippen LogP contribution in [0.2, 0.25) is 0 Å². The van der Waals surface area contributed by atoms with Crippen molar-refractivity contribution >= 4 is 17.2 Å². The summed E-state index contributed by atoms with van der Waals surface area (Å²) in [6.45, 7) is 1.48. The lowest BCUT2D eigenvalue weighted by Crippen LogP contribution is -2.40. The van der Waals surface area contributed by atoms with Crippen molar-refractivity contribution in [3.63, 3.8) is 0 Å². The first-order valence-corrected chi connectivity index (χ1v) is 10.4. The molecule has 1 amide bonds. The Balaban J connectivity index is 1.24. The van der Waals surface area contributed by atoms with Crippen molar-refractivity contribution in [1.82, 2.24) is 25.2 Å². The fraction of sp³-hybridized carbons (Fsp3) is 0.474. The Morgan fingerprint density at radius 3 is 3.11 bits per heavy atom. The Kier molecular flexibility index (Phi) is 4.27. The molecule has 8 heteroatoms. The molecule has 1 aliphatic carbocycles. The largest absolute Gasteiger partial charge is 0.339 e. The molecule has 140 valence electrons. The third-order valence-electron chi connectivity index (χ3n) is 5.28. The van der Waals surface area contributed by atoms with Crippen LogP contribution >= 0.6 is 11.3 Å². The number of amides is 1. The lowest BCUT2D eigenvalue weighted by Gasteiger charge is -2.31. The van der Waals surface area contributed by atoms with Gasteiger partial charge in [0.1, 0.15) is 0 Å². The molecular formula is C19H21N5O2S. The van der Waals surface area contributed by atoms with Gasteiger partial charge in [0, 0.05) is 25.4 Å². The van der Waals surface area contributed by atoms with Crippen LogP contribution < -0.4 is 0 Å². The van der Waals surface area contributed by atoms with E-state index in [0.717, 1.165) is 42.2 Å². The number of carbonyl (C=O) groups excluding carboxylic acids is 1. The molecule has 5 rings (SSSR count). The van der Waals surface area contributed by atoms with Crippen molar-refractivity contribution in [3.05, 3.63) is 41.0 Å². The van der Waals surface area contributed by atoms with Gasteiger partial charge in [-0.1, -0.05) is 11.2 Å². The van der Waals surface area contributed by atoms with E-state index >= 15 is 0 Å². The van der Waals surface area contributed by atoms with Crippen molar-refractivity contribution in [2.75, 3.05) is 13.1 Å². The molecule has 3 aromatic rings. The third-order valence-corrected chi connectivity index (χ3v) is 6.18. The lowest BCUT2D eigenvalue weighted by atomic mass is 9.94. The first kappa shape index (κ1) is 16.7. The maximum Gasteiger partial charge on any atom is 0.274 e. The summed E-state index contributed by atoms with van der Waals surface area (Å²) in [4.78, 5) is 20.4. The number of rotatable bonds is 5. The lowest BCUT2D eigenvalue weighted by molar-refractivity contribution is 0.0662. The molecule has 1 atom stereocenters. The zero-order valence-electron chi connectivity index (χ0n) is 14.9. The highest BCUT2D eigenvalue weighted by atomic mass is 32.1. The van der Waals surface area contributed by atoms with E-state index in [1.165, 1.54) is 12.8 Å². The van der Waals surface area contributed by atoms with Crippen LogP contribution in [-0.2, 0) is 6.42 Å². The van der Waals surface area contributed by atoms with Crippen LogP contribution in [-0.4, -0.2) is 44.2 Å². The summed E-state index contributed by atoms with van der Waals surface area (Å²) in [7, 11) is 0. The number of thiophene rings is 1. The average molecular weight is 383 g/mol. The summed E-state index contributed by atoms with van der Waals surface area (Å²) in [5, 5.41) is 13.3. The van der Waals surface area contributed by atoms with Gasteiger partial charge in [-0.3, -0.25) is 9.89 Å². The Morgan fingerprint density at radius 2 is 2.30 bits per heavy atom. The van der Waals surface area contributed by atoms with Crippen LogP contribution in [0.1, 0.15) is 53.8 Å². The van der Waals surface area contributed by atoms with E-state index in [-0.39, 0.29) is 5.91 Å². The third kappa shape index (κ3) is 3.53. The van der Waals surface area contributed by atoms with Gasteiger partial charge < -0.3 is 9.42 Å². The fourth-order valence-corrected chi connectivity index (χ4v) is 4.37. The van der Waals surface area contributed by atoms with Gasteiger partial charge in [0.25, 0.3) is 5.91 Å². The highest BCUT2D eigenvalue weighted by Gasteiger charge is 2.31. The minimum atomic E-state index is -0.0112. The minimum Gasteiger partial charge on any atom is -0.339 e. The Hall–Kier alpha value is -2.48. The van der Waals surface area contributed by atoms with Gasteiger partial charge in [-0.15, -0.1) is 11.3 Å². The number of piperidine rings is 1. The highest BCUT2D eigenvalue weighted by Crippen LogP contribution is 2.38. The molecule has 7 nitrogen and oxygen atoms in total. The predicted octanol–water partition coefficient (Wildman–Crippen LogP) is 3.49. The number of hydrogen-bond donors (Lipinski definition) is 1. The second kappa shape index (κ2) is 6.92. The summed E-state index contributed by atoms with van der Waals surface area (Å²) in [6, 6.07) is 5.85. The molecule has 1 saturated heterocycles. The molecule has 4 heterocycles. The predicted molar refractivity (Wildman–Crippen MR) is 101 cm³/mol. The fourth-order valence-electron chi connectivity index (χ4n) is 3.67. The number of H-pyrrole nitrogens is 1. The normalized spacial score (nSPS) is 20.1. The van der Waals surface area contributed by atoms with Crippen molar-refractivity contribution in [2.45, 2.75) is 38.0 Å². The summed E-state index contributed by atoms with van der Waals surface area (Å²) in [5.74, 6) is 2.40. The van der Waals surface area contributed by atoms with Gasteiger partial charge in [-0.05, 0) is 49.1 Å². The van der Waals surface area contributed by atoms with Gasteiger partial charge in [0.05, 0.1) is 10.6 Å². The number of hydrogen-bond acceptors (Lipinski definition) is 6. The Labute approximate surface area is 160 Å². The molecule has 2 fully saturated rings. The van der Waals surface area contributed by atoms with Gasteiger partial charge >= 0.3 is 0 Å². The van der Waals surface area contributed by atoms with E-state index in [0.29, 0.717) is 30.0 Å². The van der Waals surface area contributed by atoms with Gasteiger partial charge in [0.15, 0.2) is 11.5 Å². The molecule has 3 aromatic heterocycles. The Morgan fingerprint density at radius 1 is 1.37 bits per heavy atom. The first-order valence-electron chi connectivity index (χ1n) is 9.47. The second-order valence-corrected chi connectivity index (χ2v) is 8.38. The monoisotopic (exact) mass is 383 g/mol. The van der Waals surface area contributed by atoms with Crippen LogP contribution in [0.15, 0.2) is 28.1 Å². The zero-order valence-corrected chi connectivity index (χ0v) is 15.7. The topological polar surface area (TPSA) is 87.9 Å².